The first-order valence-corrected chi connectivity index (χ1v) is 7.01. The number of ether oxygens (including phenoxy) is 1. The maximum Gasteiger partial charge on any atom is 0.329 e. The average molecular weight is 329 g/mol. The lowest BCUT2D eigenvalue weighted by Crippen LogP contribution is -2.39. The fourth-order valence-corrected chi connectivity index (χ4v) is 2.63. The highest BCUT2D eigenvalue weighted by molar-refractivity contribution is 6.35. The SMILES string of the molecule is COCC(C)n1c(=O)[nH]c(Cl)c(-c2ccccc2Cl)c1=O. The second kappa shape index (κ2) is 6.47. The molecule has 0 saturated carbocycles. The van der Waals surface area contributed by atoms with Gasteiger partial charge in [-0.25, -0.2) is 4.79 Å². The minimum atomic E-state index is -0.578. The lowest BCUT2D eigenvalue weighted by atomic mass is 10.1. The van der Waals surface area contributed by atoms with Crippen LogP contribution in [0, 0.1) is 0 Å². The summed E-state index contributed by atoms with van der Waals surface area (Å²) in [6.45, 7) is 1.94. The van der Waals surface area contributed by atoms with Gasteiger partial charge in [0.2, 0.25) is 0 Å². The molecule has 112 valence electrons. The average Bonchev–Trinajstić information content (AvgIpc) is 2.40. The molecule has 0 radical (unpaired) electrons. The van der Waals surface area contributed by atoms with Crippen molar-refractivity contribution in [1.82, 2.24) is 9.55 Å². The van der Waals surface area contributed by atoms with Crippen molar-refractivity contribution < 1.29 is 4.74 Å². The molecule has 1 aromatic heterocycles. The Morgan fingerprint density at radius 2 is 1.95 bits per heavy atom. The summed E-state index contributed by atoms with van der Waals surface area (Å²) in [6, 6.07) is 6.39. The zero-order valence-corrected chi connectivity index (χ0v) is 13.0. The van der Waals surface area contributed by atoms with E-state index in [1.165, 1.54) is 7.11 Å². The number of aromatic amines is 1. The van der Waals surface area contributed by atoms with Crippen LogP contribution >= 0.6 is 23.2 Å². The molecule has 0 aliphatic rings. The first kappa shape index (κ1) is 15.8. The van der Waals surface area contributed by atoms with Gasteiger partial charge in [-0.2, -0.15) is 0 Å². The summed E-state index contributed by atoms with van der Waals surface area (Å²) in [4.78, 5) is 27.1. The molecule has 0 amide bonds. The summed E-state index contributed by atoms with van der Waals surface area (Å²) < 4.78 is 6.07. The molecule has 1 N–H and O–H groups in total. The van der Waals surface area contributed by atoms with Gasteiger partial charge >= 0.3 is 5.69 Å². The van der Waals surface area contributed by atoms with Crippen molar-refractivity contribution in [1.29, 1.82) is 0 Å². The van der Waals surface area contributed by atoms with Crippen LogP contribution in [0.25, 0.3) is 11.1 Å². The molecule has 0 spiro atoms. The lowest BCUT2D eigenvalue weighted by Gasteiger charge is -2.15. The summed E-state index contributed by atoms with van der Waals surface area (Å²) >= 11 is 12.1. The van der Waals surface area contributed by atoms with Crippen molar-refractivity contribution in [3.8, 4) is 11.1 Å². The van der Waals surface area contributed by atoms with Crippen molar-refractivity contribution >= 4 is 23.2 Å². The molecular weight excluding hydrogens is 315 g/mol. The summed E-state index contributed by atoms with van der Waals surface area (Å²) in [5.41, 5.74) is -0.430. The Bertz CT molecular complexity index is 768. The fourth-order valence-electron chi connectivity index (χ4n) is 2.14. The monoisotopic (exact) mass is 328 g/mol. The van der Waals surface area contributed by atoms with Crippen LogP contribution < -0.4 is 11.2 Å². The van der Waals surface area contributed by atoms with Crippen LogP contribution in [0.5, 0.6) is 0 Å². The number of H-pyrrole nitrogens is 1. The third-order valence-corrected chi connectivity index (χ3v) is 3.69. The highest BCUT2D eigenvalue weighted by Crippen LogP contribution is 2.28. The van der Waals surface area contributed by atoms with E-state index in [4.69, 9.17) is 27.9 Å². The number of benzene rings is 1. The van der Waals surface area contributed by atoms with Crippen LogP contribution in [0.15, 0.2) is 33.9 Å². The van der Waals surface area contributed by atoms with Gasteiger partial charge in [0.1, 0.15) is 5.15 Å². The largest absolute Gasteiger partial charge is 0.383 e. The molecule has 1 aromatic carbocycles. The predicted molar refractivity (Wildman–Crippen MR) is 83.4 cm³/mol. The zero-order valence-electron chi connectivity index (χ0n) is 11.5. The minimum Gasteiger partial charge on any atom is -0.383 e. The van der Waals surface area contributed by atoms with Gasteiger partial charge in [0, 0.05) is 17.7 Å². The first-order valence-electron chi connectivity index (χ1n) is 6.25. The van der Waals surface area contributed by atoms with Crippen LogP contribution in [-0.4, -0.2) is 23.3 Å². The Hall–Kier alpha value is -1.56. The van der Waals surface area contributed by atoms with Gasteiger partial charge < -0.3 is 4.74 Å². The molecule has 5 nitrogen and oxygen atoms in total. The Morgan fingerprint density at radius 1 is 1.29 bits per heavy atom. The van der Waals surface area contributed by atoms with Crippen LogP contribution in [0.4, 0.5) is 0 Å². The molecule has 1 unspecified atom stereocenters. The topological polar surface area (TPSA) is 64.1 Å². The van der Waals surface area contributed by atoms with Crippen molar-refractivity contribution in [3.05, 3.63) is 55.3 Å². The molecule has 21 heavy (non-hydrogen) atoms. The Balaban J connectivity index is 2.74. The Labute approximate surface area is 131 Å². The lowest BCUT2D eigenvalue weighted by molar-refractivity contribution is 0.159. The van der Waals surface area contributed by atoms with E-state index in [9.17, 15) is 9.59 Å². The summed E-state index contributed by atoms with van der Waals surface area (Å²) in [5, 5.41) is 0.355. The quantitative estimate of drug-likeness (QED) is 0.877. The molecule has 1 atom stereocenters. The minimum absolute atomic E-state index is 0.0287. The molecule has 0 aliphatic carbocycles. The molecule has 0 saturated heterocycles. The van der Waals surface area contributed by atoms with Gasteiger partial charge in [-0.1, -0.05) is 41.4 Å². The highest BCUT2D eigenvalue weighted by atomic mass is 35.5. The van der Waals surface area contributed by atoms with Gasteiger partial charge in [0.05, 0.1) is 18.2 Å². The van der Waals surface area contributed by atoms with Gasteiger partial charge in [0.15, 0.2) is 0 Å². The molecule has 7 heteroatoms. The van der Waals surface area contributed by atoms with Crippen molar-refractivity contribution in [2.75, 3.05) is 13.7 Å². The second-order valence-electron chi connectivity index (χ2n) is 4.58. The van der Waals surface area contributed by atoms with Crippen molar-refractivity contribution in [2.24, 2.45) is 0 Å². The maximum absolute atomic E-state index is 12.6. The highest BCUT2D eigenvalue weighted by Gasteiger charge is 2.19. The molecule has 0 fully saturated rings. The fraction of sp³-hybridized carbons (Fsp3) is 0.286. The number of hydrogen-bond acceptors (Lipinski definition) is 3. The van der Waals surface area contributed by atoms with Crippen molar-refractivity contribution in [3.63, 3.8) is 0 Å². The molecule has 2 aromatic rings. The number of rotatable bonds is 4. The molecule has 1 heterocycles. The summed E-state index contributed by atoms with van der Waals surface area (Å²) in [7, 11) is 1.50. The van der Waals surface area contributed by atoms with E-state index in [0.29, 0.717) is 10.6 Å². The zero-order chi connectivity index (χ0) is 15.6. The third-order valence-electron chi connectivity index (χ3n) is 3.08. The molecule has 2 rings (SSSR count). The molecular formula is C14H14Cl2N2O3. The maximum atomic E-state index is 12.6. The standard InChI is InChI=1S/C14H14Cl2N2O3/c1-8(7-21-2)18-13(19)11(12(16)17-14(18)20)9-5-3-4-6-10(9)15/h3-6,8H,7H2,1-2H3,(H,17,20). The second-order valence-corrected chi connectivity index (χ2v) is 5.36. The van der Waals surface area contributed by atoms with Crippen LogP contribution in [0.2, 0.25) is 10.2 Å². The predicted octanol–water partition coefficient (Wildman–Crippen LogP) is 2.72. The number of halogens is 2. The van der Waals surface area contributed by atoms with E-state index in [1.54, 1.807) is 31.2 Å². The van der Waals surface area contributed by atoms with E-state index in [2.05, 4.69) is 4.98 Å². The van der Waals surface area contributed by atoms with Gasteiger partial charge in [-0.3, -0.25) is 14.3 Å². The number of methoxy groups -OCH3 is 1. The Morgan fingerprint density at radius 3 is 2.57 bits per heavy atom. The summed E-state index contributed by atoms with van der Waals surface area (Å²) in [6.07, 6.45) is 0. The normalized spacial score (nSPS) is 12.4. The Kier molecular flexibility index (Phi) is 4.88. The van der Waals surface area contributed by atoms with Crippen molar-refractivity contribution in [2.45, 2.75) is 13.0 Å². The van der Waals surface area contributed by atoms with E-state index in [0.717, 1.165) is 4.57 Å². The summed E-state index contributed by atoms with van der Waals surface area (Å²) in [5.74, 6) is 0. The van der Waals surface area contributed by atoms with E-state index < -0.39 is 17.3 Å². The van der Waals surface area contributed by atoms with Crippen LogP contribution in [0.1, 0.15) is 13.0 Å². The van der Waals surface area contributed by atoms with E-state index in [-0.39, 0.29) is 17.3 Å². The van der Waals surface area contributed by atoms with Crippen LogP contribution in [-0.2, 0) is 4.74 Å². The van der Waals surface area contributed by atoms with Gasteiger partial charge in [-0.05, 0) is 13.0 Å². The van der Waals surface area contributed by atoms with E-state index >= 15 is 0 Å². The molecule has 0 bridgehead atoms. The number of aromatic nitrogens is 2. The first-order chi connectivity index (χ1) is 9.97. The van der Waals surface area contributed by atoms with Gasteiger partial charge in [0.25, 0.3) is 5.56 Å². The number of hydrogen-bond donors (Lipinski definition) is 1. The van der Waals surface area contributed by atoms with E-state index in [1.807, 2.05) is 0 Å². The molecule has 0 aliphatic heterocycles. The van der Waals surface area contributed by atoms with Crippen LogP contribution in [0.3, 0.4) is 0 Å². The third kappa shape index (κ3) is 3.05. The number of nitrogens with zero attached hydrogens (tertiary/aromatic N) is 1. The number of nitrogens with one attached hydrogen (secondary N) is 1. The van der Waals surface area contributed by atoms with Gasteiger partial charge in [-0.15, -0.1) is 0 Å². The smallest absolute Gasteiger partial charge is 0.329 e.